The van der Waals surface area contributed by atoms with Crippen LogP contribution in [0, 0.1) is 12.8 Å². The molecule has 1 aromatic rings. The SMILES string of the molecule is Cc1ccc(CNC2CCC3(CCC(=O)N3CC3CC3)CC2)s1. The van der Waals surface area contributed by atoms with Crippen molar-refractivity contribution in [3.63, 3.8) is 0 Å². The number of carbonyl (C=O) groups is 1. The maximum absolute atomic E-state index is 12.3. The Morgan fingerprint density at radius 1 is 1.22 bits per heavy atom. The minimum Gasteiger partial charge on any atom is -0.337 e. The van der Waals surface area contributed by atoms with Crippen LogP contribution in [0.3, 0.4) is 0 Å². The summed E-state index contributed by atoms with van der Waals surface area (Å²) in [6.45, 7) is 4.22. The molecule has 1 saturated heterocycles. The maximum atomic E-state index is 12.3. The van der Waals surface area contributed by atoms with Crippen LogP contribution < -0.4 is 5.32 Å². The van der Waals surface area contributed by atoms with Crippen LogP contribution in [0.1, 0.15) is 61.1 Å². The zero-order valence-corrected chi connectivity index (χ0v) is 15.0. The van der Waals surface area contributed by atoms with E-state index in [0.29, 0.717) is 11.9 Å². The van der Waals surface area contributed by atoms with Crippen molar-refractivity contribution in [3.05, 3.63) is 21.9 Å². The van der Waals surface area contributed by atoms with Crippen molar-refractivity contribution in [1.29, 1.82) is 0 Å². The largest absolute Gasteiger partial charge is 0.337 e. The van der Waals surface area contributed by atoms with Gasteiger partial charge in [-0.3, -0.25) is 4.79 Å². The molecule has 23 heavy (non-hydrogen) atoms. The lowest BCUT2D eigenvalue weighted by Crippen LogP contribution is -2.51. The van der Waals surface area contributed by atoms with Crippen molar-refractivity contribution in [3.8, 4) is 0 Å². The number of aryl methyl sites for hydroxylation is 1. The van der Waals surface area contributed by atoms with E-state index in [2.05, 4.69) is 29.3 Å². The summed E-state index contributed by atoms with van der Waals surface area (Å²) < 4.78 is 0. The highest BCUT2D eigenvalue weighted by Gasteiger charge is 2.48. The van der Waals surface area contributed by atoms with Crippen LogP contribution in [0.25, 0.3) is 0 Å². The molecule has 1 N–H and O–H groups in total. The molecule has 126 valence electrons. The van der Waals surface area contributed by atoms with Gasteiger partial charge in [-0.2, -0.15) is 0 Å². The number of hydrogen-bond donors (Lipinski definition) is 1. The Morgan fingerprint density at radius 3 is 2.65 bits per heavy atom. The fourth-order valence-corrected chi connectivity index (χ4v) is 5.27. The van der Waals surface area contributed by atoms with Crippen LogP contribution in [0.4, 0.5) is 0 Å². The van der Waals surface area contributed by atoms with Gasteiger partial charge in [0.15, 0.2) is 0 Å². The van der Waals surface area contributed by atoms with Gasteiger partial charge < -0.3 is 10.2 Å². The average Bonchev–Trinajstić information content (AvgIpc) is 3.22. The molecule has 2 heterocycles. The van der Waals surface area contributed by atoms with Crippen molar-refractivity contribution in [1.82, 2.24) is 10.2 Å². The lowest BCUT2D eigenvalue weighted by Gasteiger charge is -2.44. The molecule has 4 heteroatoms. The molecule has 0 aromatic carbocycles. The number of nitrogens with one attached hydrogen (secondary N) is 1. The maximum Gasteiger partial charge on any atom is 0.223 e. The zero-order chi connectivity index (χ0) is 15.9. The number of carbonyl (C=O) groups excluding carboxylic acids is 1. The fourth-order valence-electron chi connectivity index (χ4n) is 4.43. The third-order valence-corrected chi connectivity index (χ3v) is 7.09. The molecule has 0 atom stereocenters. The summed E-state index contributed by atoms with van der Waals surface area (Å²) in [5, 5.41) is 3.74. The van der Waals surface area contributed by atoms with Gasteiger partial charge in [-0.15, -0.1) is 11.3 Å². The molecule has 2 aliphatic carbocycles. The Balaban J connectivity index is 1.31. The Hall–Kier alpha value is -0.870. The van der Waals surface area contributed by atoms with E-state index < -0.39 is 0 Å². The van der Waals surface area contributed by atoms with E-state index in [0.717, 1.165) is 31.8 Å². The minimum absolute atomic E-state index is 0.220. The summed E-state index contributed by atoms with van der Waals surface area (Å²) in [6, 6.07) is 5.07. The fraction of sp³-hybridized carbons (Fsp3) is 0.737. The van der Waals surface area contributed by atoms with E-state index in [1.54, 1.807) is 0 Å². The Morgan fingerprint density at radius 2 is 2.00 bits per heavy atom. The molecule has 3 aliphatic rings. The standard InChI is InChI=1S/C19H28N2OS/c1-14-2-5-17(23-14)12-20-16-6-9-19(10-7-16)11-8-18(22)21(19)13-15-3-4-15/h2,5,15-16,20H,3-4,6-13H2,1H3. The van der Waals surface area contributed by atoms with Gasteiger partial charge in [0.1, 0.15) is 0 Å². The normalized spacial score (nSPS) is 31.3. The molecule has 0 radical (unpaired) electrons. The smallest absolute Gasteiger partial charge is 0.223 e. The molecule has 1 spiro atoms. The first-order valence-electron chi connectivity index (χ1n) is 9.24. The highest BCUT2D eigenvalue weighted by atomic mass is 32.1. The highest BCUT2D eigenvalue weighted by Crippen LogP contribution is 2.44. The molecular formula is C19H28N2OS. The second-order valence-corrected chi connectivity index (χ2v) is 9.21. The molecule has 1 amide bonds. The number of thiophene rings is 1. The molecule has 2 saturated carbocycles. The predicted molar refractivity (Wildman–Crippen MR) is 94.6 cm³/mol. The quantitative estimate of drug-likeness (QED) is 0.888. The molecular weight excluding hydrogens is 304 g/mol. The van der Waals surface area contributed by atoms with Gasteiger partial charge in [0.25, 0.3) is 0 Å². The second-order valence-electron chi connectivity index (χ2n) is 7.84. The van der Waals surface area contributed by atoms with Crippen molar-refractivity contribution >= 4 is 17.2 Å². The number of nitrogens with zero attached hydrogens (tertiary/aromatic N) is 1. The second kappa shape index (κ2) is 6.21. The number of likely N-dealkylation sites (tertiary alicyclic amines) is 1. The Bertz CT molecular complexity index is 570. The molecule has 0 unspecified atom stereocenters. The third-order valence-electron chi connectivity index (χ3n) is 6.09. The van der Waals surface area contributed by atoms with Gasteiger partial charge in [0, 0.05) is 40.8 Å². The molecule has 1 aromatic heterocycles. The van der Waals surface area contributed by atoms with Crippen molar-refractivity contribution in [2.45, 2.75) is 76.4 Å². The summed E-state index contributed by atoms with van der Waals surface area (Å²) in [5.41, 5.74) is 0.220. The van der Waals surface area contributed by atoms with Crippen molar-refractivity contribution in [2.24, 2.45) is 5.92 Å². The third kappa shape index (κ3) is 3.34. The molecule has 3 fully saturated rings. The number of amides is 1. The van der Waals surface area contributed by atoms with Crippen molar-refractivity contribution in [2.75, 3.05) is 6.54 Å². The summed E-state index contributed by atoms with van der Waals surface area (Å²) in [4.78, 5) is 17.4. The molecule has 0 bridgehead atoms. The van der Waals surface area contributed by atoms with Gasteiger partial charge in [-0.05, 0) is 69.9 Å². The topological polar surface area (TPSA) is 32.3 Å². The van der Waals surface area contributed by atoms with E-state index in [4.69, 9.17) is 0 Å². The Kier molecular flexibility index (Phi) is 4.22. The minimum atomic E-state index is 0.220. The lowest BCUT2D eigenvalue weighted by atomic mass is 9.77. The number of rotatable bonds is 5. The van der Waals surface area contributed by atoms with Crippen LogP contribution in [-0.4, -0.2) is 28.9 Å². The zero-order valence-electron chi connectivity index (χ0n) is 14.1. The van der Waals surface area contributed by atoms with Crippen LogP contribution >= 0.6 is 11.3 Å². The van der Waals surface area contributed by atoms with Gasteiger partial charge in [0.2, 0.25) is 5.91 Å². The van der Waals surface area contributed by atoms with Crippen molar-refractivity contribution < 1.29 is 4.79 Å². The van der Waals surface area contributed by atoms with Crippen LogP contribution in [-0.2, 0) is 11.3 Å². The highest BCUT2D eigenvalue weighted by molar-refractivity contribution is 7.11. The summed E-state index contributed by atoms with van der Waals surface area (Å²) >= 11 is 1.89. The first-order chi connectivity index (χ1) is 11.1. The summed E-state index contributed by atoms with van der Waals surface area (Å²) in [7, 11) is 0. The first kappa shape index (κ1) is 15.6. The van der Waals surface area contributed by atoms with Crippen LogP contribution in [0.5, 0.6) is 0 Å². The predicted octanol–water partition coefficient (Wildman–Crippen LogP) is 3.86. The van der Waals surface area contributed by atoms with E-state index in [-0.39, 0.29) is 5.54 Å². The van der Waals surface area contributed by atoms with E-state index in [1.165, 1.54) is 48.3 Å². The lowest BCUT2D eigenvalue weighted by molar-refractivity contribution is -0.132. The van der Waals surface area contributed by atoms with Crippen LogP contribution in [0.2, 0.25) is 0 Å². The van der Waals surface area contributed by atoms with E-state index in [9.17, 15) is 4.79 Å². The molecule has 1 aliphatic heterocycles. The van der Waals surface area contributed by atoms with Gasteiger partial charge >= 0.3 is 0 Å². The molecule has 3 nitrogen and oxygen atoms in total. The Labute approximate surface area is 143 Å². The number of hydrogen-bond acceptors (Lipinski definition) is 3. The van der Waals surface area contributed by atoms with Crippen LogP contribution in [0.15, 0.2) is 12.1 Å². The summed E-state index contributed by atoms with van der Waals surface area (Å²) in [6.07, 6.45) is 9.42. The van der Waals surface area contributed by atoms with Gasteiger partial charge in [-0.1, -0.05) is 0 Å². The average molecular weight is 333 g/mol. The molecule has 4 rings (SSSR count). The van der Waals surface area contributed by atoms with E-state index in [1.807, 2.05) is 11.3 Å². The van der Waals surface area contributed by atoms with Gasteiger partial charge in [0.05, 0.1) is 0 Å². The summed E-state index contributed by atoms with van der Waals surface area (Å²) in [5.74, 6) is 1.24. The monoisotopic (exact) mass is 332 g/mol. The first-order valence-corrected chi connectivity index (χ1v) is 10.1. The van der Waals surface area contributed by atoms with Gasteiger partial charge in [-0.25, -0.2) is 0 Å². The van der Waals surface area contributed by atoms with E-state index >= 15 is 0 Å².